The monoisotopic (exact) mass is 301 g/mol. The Morgan fingerprint density at radius 1 is 1.18 bits per heavy atom. The van der Waals surface area contributed by atoms with E-state index in [9.17, 15) is 4.79 Å². The summed E-state index contributed by atoms with van der Waals surface area (Å²) in [6.45, 7) is 1.80. The fourth-order valence-corrected chi connectivity index (χ4v) is 2.35. The summed E-state index contributed by atoms with van der Waals surface area (Å²) in [7, 11) is 0. The van der Waals surface area contributed by atoms with Crippen molar-refractivity contribution in [1.29, 1.82) is 0 Å². The molecule has 0 bridgehead atoms. The molecule has 1 aromatic heterocycles. The molecule has 3 rings (SSSR count). The highest BCUT2D eigenvalue weighted by molar-refractivity contribution is 5.76. The molecule has 0 saturated heterocycles. The topological polar surface area (TPSA) is 76.2 Å². The van der Waals surface area contributed by atoms with Crippen LogP contribution in [0.1, 0.15) is 17.5 Å². The van der Waals surface area contributed by atoms with Crippen LogP contribution >= 0.6 is 0 Å². The molecule has 22 heavy (non-hydrogen) atoms. The van der Waals surface area contributed by atoms with Crippen molar-refractivity contribution in [2.24, 2.45) is 0 Å². The van der Waals surface area contributed by atoms with E-state index in [-0.39, 0.29) is 5.91 Å². The van der Waals surface area contributed by atoms with Crippen LogP contribution < -0.4 is 14.8 Å². The highest BCUT2D eigenvalue weighted by atomic mass is 16.6. The van der Waals surface area contributed by atoms with Gasteiger partial charge < -0.3 is 14.8 Å². The highest BCUT2D eigenvalue weighted by Gasteiger charge is 2.11. The number of carbonyl (C=O) groups is 1. The average molecular weight is 301 g/mol. The van der Waals surface area contributed by atoms with Crippen LogP contribution in [-0.2, 0) is 17.6 Å². The van der Waals surface area contributed by atoms with E-state index in [1.54, 1.807) is 6.20 Å². The summed E-state index contributed by atoms with van der Waals surface area (Å²) in [6.07, 6.45) is 5.49. The van der Waals surface area contributed by atoms with Gasteiger partial charge in [0.15, 0.2) is 11.5 Å². The molecular weight excluding hydrogens is 282 g/mol. The fourth-order valence-electron chi connectivity index (χ4n) is 2.35. The second-order valence-electron chi connectivity index (χ2n) is 5.18. The van der Waals surface area contributed by atoms with Crippen LogP contribution in [0.25, 0.3) is 0 Å². The Morgan fingerprint density at radius 3 is 2.86 bits per heavy atom. The van der Waals surface area contributed by atoms with Crippen LogP contribution in [0.5, 0.6) is 11.5 Å². The summed E-state index contributed by atoms with van der Waals surface area (Å²) in [5.41, 5.74) is 2.17. The Labute approximate surface area is 128 Å². The molecule has 0 spiro atoms. The molecule has 6 nitrogen and oxygen atoms in total. The van der Waals surface area contributed by atoms with Gasteiger partial charge in [-0.3, -0.25) is 9.89 Å². The van der Waals surface area contributed by atoms with Crippen molar-refractivity contribution in [2.45, 2.75) is 19.3 Å². The molecule has 2 N–H and O–H groups in total. The largest absolute Gasteiger partial charge is 0.486 e. The number of fused-ring (bicyclic) bond motifs is 1. The molecule has 0 aliphatic carbocycles. The van der Waals surface area contributed by atoms with Gasteiger partial charge in [0.2, 0.25) is 5.91 Å². The van der Waals surface area contributed by atoms with Gasteiger partial charge in [-0.05, 0) is 36.1 Å². The van der Waals surface area contributed by atoms with E-state index in [0.29, 0.717) is 32.6 Å². The Kier molecular flexibility index (Phi) is 4.58. The molecule has 0 fully saturated rings. The number of ether oxygens (including phenoxy) is 2. The number of aromatic nitrogens is 2. The standard InChI is InChI=1S/C16H19N3O3/c20-16(4-2-13-10-18-19-11-13)17-6-5-12-1-3-14-15(9-12)22-8-7-21-14/h1,3,9-11H,2,4-8H2,(H,17,20)(H,18,19). The third-order valence-electron chi connectivity index (χ3n) is 3.54. The Hall–Kier alpha value is -2.50. The van der Waals surface area contributed by atoms with E-state index < -0.39 is 0 Å². The van der Waals surface area contributed by atoms with Gasteiger partial charge in [0, 0.05) is 19.2 Å². The zero-order chi connectivity index (χ0) is 15.2. The number of H-pyrrole nitrogens is 1. The van der Waals surface area contributed by atoms with Gasteiger partial charge in [-0.15, -0.1) is 0 Å². The van der Waals surface area contributed by atoms with Crippen LogP contribution in [0.3, 0.4) is 0 Å². The molecule has 1 aliphatic heterocycles. The molecule has 2 aromatic rings. The van der Waals surface area contributed by atoms with E-state index in [1.165, 1.54) is 0 Å². The maximum atomic E-state index is 11.8. The van der Waals surface area contributed by atoms with E-state index in [2.05, 4.69) is 15.5 Å². The number of aryl methyl sites for hydroxylation is 1. The van der Waals surface area contributed by atoms with Crippen molar-refractivity contribution in [2.75, 3.05) is 19.8 Å². The van der Waals surface area contributed by atoms with E-state index in [1.807, 2.05) is 24.4 Å². The SMILES string of the molecule is O=C(CCc1cn[nH]c1)NCCc1ccc2c(c1)OCCO2. The maximum absolute atomic E-state index is 11.8. The fraction of sp³-hybridized carbons (Fsp3) is 0.375. The molecule has 6 heteroatoms. The van der Waals surface area contributed by atoms with Crippen molar-refractivity contribution < 1.29 is 14.3 Å². The van der Waals surface area contributed by atoms with Crippen LogP contribution in [0.15, 0.2) is 30.6 Å². The average Bonchev–Trinajstić information content (AvgIpc) is 3.06. The summed E-state index contributed by atoms with van der Waals surface area (Å²) >= 11 is 0. The molecule has 0 saturated carbocycles. The minimum atomic E-state index is 0.0544. The quantitative estimate of drug-likeness (QED) is 0.847. The number of carbonyl (C=O) groups excluding carboxylic acids is 1. The van der Waals surface area contributed by atoms with E-state index >= 15 is 0 Å². The van der Waals surface area contributed by atoms with Gasteiger partial charge in [0.05, 0.1) is 6.20 Å². The lowest BCUT2D eigenvalue weighted by atomic mass is 10.1. The first kappa shape index (κ1) is 14.4. The molecular formula is C16H19N3O3. The number of hydrogen-bond donors (Lipinski definition) is 2. The lowest BCUT2D eigenvalue weighted by Crippen LogP contribution is -2.25. The lowest BCUT2D eigenvalue weighted by molar-refractivity contribution is -0.121. The highest BCUT2D eigenvalue weighted by Crippen LogP contribution is 2.30. The summed E-state index contributed by atoms with van der Waals surface area (Å²) in [5, 5.41) is 9.53. The number of nitrogens with one attached hydrogen (secondary N) is 2. The number of hydrogen-bond acceptors (Lipinski definition) is 4. The summed E-state index contributed by atoms with van der Waals surface area (Å²) in [4.78, 5) is 11.8. The predicted octanol–water partition coefficient (Wildman–Crippen LogP) is 1.47. The van der Waals surface area contributed by atoms with Crippen LogP contribution in [0, 0.1) is 0 Å². The van der Waals surface area contributed by atoms with Gasteiger partial charge in [-0.25, -0.2) is 0 Å². The zero-order valence-electron chi connectivity index (χ0n) is 12.3. The Bertz CT molecular complexity index is 626. The minimum Gasteiger partial charge on any atom is -0.486 e. The number of aromatic amines is 1. The first-order valence-corrected chi connectivity index (χ1v) is 7.44. The van der Waals surface area contributed by atoms with Crippen molar-refractivity contribution in [3.8, 4) is 11.5 Å². The summed E-state index contributed by atoms with van der Waals surface area (Å²) < 4.78 is 11.0. The molecule has 1 amide bonds. The minimum absolute atomic E-state index is 0.0544. The second-order valence-corrected chi connectivity index (χ2v) is 5.18. The molecule has 2 heterocycles. The van der Waals surface area contributed by atoms with E-state index in [4.69, 9.17) is 9.47 Å². The number of nitrogens with zero attached hydrogens (tertiary/aromatic N) is 1. The lowest BCUT2D eigenvalue weighted by Gasteiger charge is -2.18. The van der Waals surface area contributed by atoms with Gasteiger partial charge in [-0.2, -0.15) is 5.10 Å². The van der Waals surface area contributed by atoms with E-state index in [0.717, 1.165) is 29.0 Å². The predicted molar refractivity (Wildman–Crippen MR) is 81.1 cm³/mol. The third kappa shape index (κ3) is 3.78. The first-order valence-electron chi connectivity index (χ1n) is 7.44. The zero-order valence-corrected chi connectivity index (χ0v) is 12.3. The Balaban J connectivity index is 1.41. The molecule has 0 atom stereocenters. The maximum Gasteiger partial charge on any atom is 0.220 e. The molecule has 1 aliphatic rings. The molecule has 0 radical (unpaired) electrons. The smallest absolute Gasteiger partial charge is 0.220 e. The van der Waals surface area contributed by atoms with Crippen molar-refractivity contribution in [3.63, 3.8) is 0 Å². The second kappa shape index (κ2) is 6.98. The van der Waals surface area contributed by atoms with Crippen molar-refractivity contribution in [3.05, 3.63) is 41.7 Å². The van der Waals surface area contributed by atoms with Crippen molar-refractivity contribution in [1.82, 2.24) is 15.5 Å². The number of benzene rings is 1. The first-order chi connectivity index (χ1) is 10.8. The van der Waals surface area contributed by atoms with Gasteiger partial charge in [0.25, 0.3) is 0 Å². The molecule has 1 aromatic carbocycles. The molecule has 0 unspecified atom stereocenters. The summed E-state index contributed by atoms with van der Waals surface area (Å²) in [5.74, 6) is 1.63. The third-order valence-corrected chi connectivity index (χ3v) is 3.54. The summed E-state index contributed by atoms with van der Waals surface area (Å²) in [6, 6.07) is 5.90. The molecule has 116 valence electrons. The van der Waals surface area contributed by atoms with Crippen molar-refractivity contribution >= 4 is 5.91 Å². The number of rotatable bonds is 6. The van der Waals surface area contributed by atoms with Gasteiger partial charge >= 0.3 is 0 Å². The van der Waals surface area contributed by atoms with Crippen LogP contribution in [0.4, 0.5) is 0 Å². The normalized spacial score (nSPS) is 12.9. The van der Waals surface area contributed by atoms with Crippen LogP contribution in [-0.4, -0.2) is 35.9 Å². The Morgan fingerprint density at radius 2 is 2.05 bits per heavy atom. The van der Waals surface area contributed by atoms with Crippen LogP contribution in [0.2, 0.25) is 0 Å². The number of amides is 1. The van der Waals surface area contributed by atoms with Gasteiger partial charge in [-0.1, -0.05) is 6.07 Å². The van der Waals surface area contributed by atoms with Gasteiger partial charge in [0.1, 0.15) is 13.2 Å².